The van der Waals surface area contributed by atoms with Crippen LogP contribution in [0, 0.1) is 5.92 Å². The summed E-state index contributed by atoms with van der Waals surface area (Å²) in [5, 5.41) is 6.43. The molecule has 3 aliphatic rings. The van der Waals surface area contributed by atoms with Gasteiger partial charge in [-0.2, -0.15) is 0 Å². The number of nitrogens with zero attached hydrogens (tertiary/aromatic N) is 1. The molecule has 4 nitrogen and oxygen atoms in total. The third kappa shape index (κ3) is 2.89. The number of benzene rings is 1. The Morgan fingerprint density at radius 1 is 1.16 bits per heavy atom. The van der Waals surface area contributed by atoms with Gasteiger partial charge in [-0.05, 0) is 56.1 Å². The highest BCUT2D eigenvalue weighted by molar-refractivity contribution is 5.88. The van der Waals surface area contributed by atoms with Gasteiger partial charge in [0.1, 0.15) is 0 Å². The van der Waals surface area contributed by atoms with Crippen LogP contribution in [0.15, 0.2) is 24.3 Å². The molecule has 0 radical (unpaired) electrons. The maximum Gasteiger partial charge on any atom is 0.221 e. The summed E-state index contributed by atoms with van der Waals surface area (Å²) in [4.78, 5) is 13.5. The number of carbonyl (C=O) groups excluding carboxylic acids is 1. The summed E-state index contributed by atoms with van der Waals surface area (Å²) in [6.45, 7) is 5.23. The lowest BCUT2D eigenvalue weighted by Gasteiger charge is -2.45. The van der Waals surface area contributed by atoms with Crippen molar-refractivity contribution in [1.82, 2.24) is 4.90 Å². The van der Waals surface area contributed by atoms with Gasteiger partial charge in [0.25, 0.3) is 0 Å². The molecule has 3 saturated heterocycles. The van der Waals surface area contributed by atoms with E-state index in [0.717, 1.165) is 23.8 Å². The Bertz CT molecular complexity index is 449. The van der Waals surface area contributed by atoms with Crippen LogP contribution in [0.4, 0.5) is 11.4 Å². The first-order valence-electron chi connectivity index (χ1n) is 7.07. The van der Waals surface area contributed by atoms with E-state index in [1.165, 1.54) is 32.9 Å². The van der Waals surface area contributed by atoms with Gasteiger partial charge in [0.15, 0.2) is 0 Å². The molecule has 102 valence electrons. The monoisotopic (exact) mass is 259 g/mol. The van der Waals surface area contributed by atoms with Crippen molar-refractivity contribution in [2.24, 2.45) is 5.92 Å². The number of hydrogen-bond donors (Lipinski definition) is 2. The molecule has 1 atom stereocenters. The molecule has 0 aliphatic carbocycles. The van der Waals surface area contributed by atoms with Crippen LogP contribution in [0.2, 0.25) is 0 Å². The predicted octanol–water partition coefficient (Wildman–Crippen LogP) is 2.15. The molecule has 2 bridgehead atoms. The normalized spacial score (nSPS) is 29.0. The van der Waals surface area contributed by atoms with E-state index in [1.54, 1.807) is 0 Å². The number of piperidine rings is 3. The molecule has 4 heteroatoms. The SMILES string of the molecule is CC(=O)Nc1ccc(NC2CN3CCC2CC3)cc1. The Kier molecular flexibility index (Phi) is 3.42. The quantitative estimate of drug-likeness (QED) is 0.874. The number of rotatable bonds is 3. The maximum absolute atomic E-state index is 11.0. The van der Waals surface area contributed by atoms with Crippen molar-refractivity contribution >= 4 is 17.3 Å². The second-order valence-electron chi connectivity index (χ2n) is 5.65. The summed E-state index contributed by atoms with van der Waals surface area (Å²) in [7, 11) is 0. The largest absolute Gasteiger partial charge is 0.381 e. The topological polar surface area (TPSA) is 44.4 Å². The molecule has 4 rings (SSSR count). The van der Waals surface area contributed by atoms with E-state index >= 15 is 0 Å². The highest BCUT2D eigenvalue weighted by Gasteiger charge is 2.33. The van der Waals surface area contributed by atoms with Crippen molar-refractivity contribution in [3.05, 3.63) is 24.3 Å². The Balaban J connectivity index is 1.62. The molecule has 1 amide bonds. The third-order valence-corrected chi connectivity index (χ3v) is 4.21. The van der Waals surface area contributed by atoms with Crippen LogP contribution in [0.1, 0.15) is 19.8 Å². The van der Waals surface area contributed by atoms with Gasteiger partial charge in [-0.3, -0.25) is 4.79 Å². The molecule has 0 spiro atoms. The second kappa shape index (κ2) is 5.21. The zero-order chi connectivity index (χ0) is 13.2. The first kappa shape index (κ1) is 12.5. The van der Waals surface area contributed by atoms with Gasteiger partial charge < -0.3 is 15.5 Å². The van der Waals surface area contributed by atoms with Crippen LogP contribution in [0.25, 0.3) is 0 Å². The maximum atomic E-state index is 11.0. The molecule has 3 aliphatic heterocycles. The summed E-state index contributed by atoms with van der Waals surface area (Å²) in [5.74, 6) is 0.790. The minimum Gasteiger partial charge on any atom is -0.381 e. The number of nitrogens with one attached hydrogen (secondary N) is 2. The number of fused-ring (bicyclic) bond motifs is 3. The molecule has 0 aromatic heterocycles. The minimum absolute atomic E-state index is 0.0295. The summed E-state index contributed by atoms with van der Waals surface area (Å²) < 4.78 is 0. The zero-order valence-electron chi connectivity index (χ0n) is 11.4. The summed E-state index contributed by atoms with van der Waals surface area (Å²) in [6.07, 6.45) is 2.64. The second-order valence-corrected chi connectivity index (χ2v) is 5.65. The molecule has 1 aromatic carbocycles. The number of amides is 1. The highest BCUT2D eigenvalue weighted by Crippen LogP contribution is 2.29. The van der Waals surface area contributed by atoms with Crippen molar-refractivity contribution < 1.29 is 4.79 Å². The molecular formula is C15H21N3O. The smallest absolute Gasteiger partial charge is 0.221 e. The Morgan fingerprint density at radius 2 is 1.79 bits per heavy atom. The van der Waals surface area contributed by atoms with Gasteiger partial charge in [-0.15, -0.1) is 0 Å². The predicted molar refractivity (Wildman–Crippen MR) is 77.3 cm³/mol. The fourth-order valence-corrected chi connectivity index (χ4v) is 3.20. The number of carbonyl (C=O) groups is 1. The van der Waals surface area contributed by atoms with Crippen molar-refractivity contribution in [2.75, 3.05) is 30.3 Å². The Morgan fingerprint density at radius 3 is 2.32 bits per heavy atom. The van der Waals surface area contributed by atoms with Crippen molar-refractivity contribution in [1.29, 1.82) is 0 Å². The van der Waals surface area contributed by atoms with E-state index < -0.39 is 0 Å². The Labute approximate surface area is 114 Å². The lowest BCUT2D eigenvalue weighted by Crippen LogP contribution is -2.53. The molecule has 0 saturated carbocycles. The average molecular weight is 259 g/mol. The lowest BCUT2D eigenvalue weighted by molar-refractivity contribution is -0.114. The first-order valence-corrected chi connectivity index (χ1v) is 7.07. The first-order chi connectivity index (χ1) is 9.20. The van der Waals surface area contributed by atoms with Gasteiger partial charge in [-0.1, -0.05) is 0 Å². The van der Waals surface area contributed by atoms with E-state index in [4.69, 9.17) is 0 Å². The fraction of sp³-hybridized carbons (Fsp3) is 0.533. The molecule has 19 heavy (non-hydrogen) atoms. The van der Waals surface area contributed by atoms with Crippen molar-refractivity contribution in [3.8, 4) is 0 Å². The number of hydrogen-bond acceptors (Lipinski definition) is 3. The van der Waals surface area contributed by atoms with Gasteiger partial charge >= 0.3 is 0 Å². The third-order valence-electron chi connectivity index (χ3n) is 4.21. The van der Waals surface area contributed by atoms with Crippen LogP contribution >= 0.6 is 0 Å². The molecule has 1 unspecified atom stereocenters. The fourth-order valence-electron chi connectivity index (χ4n) is 3.20. The van der Waals surface area contributed by atoms with Gasteiger partial charge in [0, 0.05) is 30.9 Å². The van der Waals surface area contributed by atoms with Crippen LogP contribution in [0.3, 0.4) is 0 Å². The van der Waals surface area contributed by atoms with E-state index in [2.05, 4.69) is 15.5 Å². The molecule has 3 heterocycles. The van der Waals surface area contributed by atoms with Gasteiger partial charge in [0.05, 0.1) is 0 Å². The highest BCUT2D eigenvalue weighted by atomic mass is 16.1. The van der Waals surface area contributed by atoms with Gasteiger partial charge in [-0.25, -0.2) is 0 Å². The van der Waals surface area contributed by atoms with Crippen LogP contribution in [0.5, 0.6) is 0 Å². The van der Waals surface area contributed by atoms with E-state index in [-0.39, 0.29) is 5.91 Å². The van der Waals surface area contributed by atoms with Crippen molar-refractivity contribution in [3.63, 3.8) is 0 Å². The lowest BCUT2D eigenvalue weighted by atomic mass is 9.84. The molecule has 2 N–H and O–H groups in total. The summed E-state index contributed by atoms with van der Waals surface area (Å²) in [6, 6.07) is 8.57. The summed E-state index contributed by atoms with van der Waals surface area (Å²) >= 11 is 0. The van der Waals surface area contributed by atoms with Crippen LogP contribution < -0.4 is 10.6 Å². The minimum atomic E-state index is -0.0295. The zero-order valence-corrected chi connectivity index (χ0v) is 11.4. The molecule has 3 fully saturated rings. The van der Waals surface area contributed by atoms with Crippen molar-refractivity contribution in [2.45, 2.75) is 25.8 Å². The van der Waals surface area contributed by atoms with E-state index in [0.29, 0.717) is 6.04 Å². The standard InChI is InChI=1S/C15H21N3O/c1-11(19)16-13-2-4-14(5-3-13)17-15-10-18-8-6-12(15)7-9-18/h2-5,12,15,17H,6-10H2,1H3,(H,16,19). The molecular weight excluding hydrogens is 238 g/mol. The van der Waals surface area contributed by atoms with Crippen LogP contribution in [-0.4, -0.2) is 36.5 Å². The van der Waals surface area contributed by atoms with Gasteiger partial charge in [0.2, 0.25) is 5.91 Å². The Hall–Kier alpha value is -1.55. The molecule has 1 aromatic rings. The van der Waals surface area contributed by atoms with E-state index in [9.17, 15) is 4.79 Å². The average Bonchev–Trinajstić information content (AvgIpc) is 2.42. The number of anilines is 2. The van der Waals surface area contributed by atoms with E-state index in [1.807, 2.05) is 24.3 Å². The summed E-state index contributed by atoms with van der Waals surface area (Å²) in [5.41, 5.74) is 2.00. The van der Waals surface area contributed by atoms with Crippen LogP contribution in [-0.2, 0) is 4.79 Å².